The number of rotatable bonds is 5. The van der Waals surface area contributed by atoms with Crippen LogP contribution in [0, 0.1) is 0 Å². The molecule has 6 nitrogen and oxygen atoms in total. The van der Waals surface area contributed by atoms with E-state index in [1.54, 1.807) is 13.8 Å². The number of anilines is 1. The normalized spacial score (nSPS) is 11.6. The summed E-state index contributed by atoms with van der Waals surface area (Å²) >= 11 is 5.72. The van der Waals surface area contributed by atoms with Gasteiger partial charge in [0.2, 0.25) is 0 Å². The van der Waals surface area contributed by atoms with Gasteiger partial charge in [-0.25, -0.2) is 4.79 Å². The van der Waals surface area contributed by atoms with Crippen LogP contribution in [-0.4, -0.2) is 25.5 Å². The van der Waals surface area contributed by atoms with Gasteiger partial charge in [-0.3, -0.25) is 4.72 Å². The third-order valence-corrected chi connectivity index (χ3v) is 3.45. The highest BCUT2D eigenvalue weighted by Gasteiger charge is 2.19. The summed E-state index contributed by atoms with van der Waals surface area (Å²) in [5, 5.41) is 8.95. The highest BCUT2D eigenvalue weighted by Crippen LogP contribution is 2.24. The number of hydrogen-bond donors (Lipinski definition) is 3. The number of carboxylic acids is 1. The zero-order chi connectivity index (χ0) is 13.9. The van der Waals surface area contributed by atoms with Crippen LogP contribution in [0.25, 0.3) is 0 Å². The van der Waals surface area contributed by atoms with Crippen molar-refractivity contribution in [1.29, 1.82) is 0 Å². The first-order chi connectivity index (χ1) is 8.23. The van der Waals surface area contributed by atoms with Crippen molar-refractivity contribution in [2.45, 2.75) is 19.9 Å². The van der Waals surface area contributed by atoms with Crippen LogP contribution in [0.2, 0.25) is 5.02 Å². The molecule has 0 fully saturated rings. The molecule has 1 aromatic rings. The van der Waals surface area contributed by atoms with Gasteiger partial charge >= 0.3 is 5.97 Å². The number of carbonyl (C=O) groups is 1. The van der Waals surface area contributed by atoms with Crippen LogP contribution >= 0.6 is 11.6 Å². The zero-order valence-corrected chi connectivity index (χ0v) is 11.3. The van der Waals surface area contributed by atoms with E-state index in [9.17, 15) is 13.2 Å². The lowest BCUT2D eigenvalue weighted by Gasteiger charge is -2.13. The van der Waals surface area contributed by atoms with E-state index in [1.807, 2.05) is 0 Å². The van der Waals surface area contributed by atoms with Crippen molar-refractivity contribution in [1.82, 2.24) is 4.72 Å². The summed E-state index contributed by atoms with van der Waals surface area (Å²) in [6.45, 7) is 3.30. The lowest BCUT2D eigenvalue weighted by atomic mass is 10.2. The van der Waals surface area contributed by atoms with E-state index in [0.717, 1.165) is 0 Å². The van der Waals surface area contributed by atoms with Crippen molar-refractivity contribution in [2.24, 2.45) is 0 Å². The molecule has 0 spiro atoms. The largest absolute Gasteiger partial charge is 0.478 e. The molecule has 18 heavy (non-hydrogen) atoms. The molecule has 0 atom stereocenters. The van der Waals surface area contributed by atoms with Crippen LogP contribution in [0.5, 0.6) is 0 Å². The number of hydrogen-bond acceptors (Lipinski definition) is 3. The van der Waals surface area contributed by atoms with E-state index in [1.165, 1.54) is 18.2 Å². The second-order valence-corrected chi connectivity index (χ2v) is 5.70. The van der Waals surface area contributed by atoms with E-state index in [-0.39, 0.29) is 22.3 Å². The second-order valence-electron chi connectivity index (χ2n) is 3.85. The van der Waals surface area contributed by atoms with Gasteiger partial charge in [0.15, 0.2) is 0 Å². The van der Waals surface area contributed by atoms with Gasteiger partial charge in [-0.1, -0.05) is 17.7 Å². The van der Waals surface area contributed by atoms with Crippen LogP contribution in [0.3, 0.4) is 0 Å². The standard InChI is InChI=1S/C10H13ClN2O4S/c1-6(2)12-18(16,17)13-8-5-3-4-7(11)9(8)10(14)15/h3-6,12-13H,1-2H3,(H,14,15). The Morgan fingerprint density at radius 1 is 1.39 bits per heavy atom. The maximum atomic E-state index is 11.6. The van der Waals surface area contributed by atoms with Gasteiger partial charge in [0.25, 0.3) is 10.2 Å². The van der Waals surface area contributed by atoms with Crippen molar-refractivity contribution in [3.05, 3.63) is 28.8 Å². The number of halogens is 1. The lowest BCUT2D eigenvalue weighted by Crippen LogP contribution is -2.35. The number of nitrogens with one attached hydrogen (secondary N) is 2. The van der Waals surface area contributed by atoms with Crippen molar-refractivity contribution in [3.8, 4) is 0 Å². The zero-order valence-electron chi connectivity index (χ0n) is 9.77. The summed E-state index contributed by atoms with van der Waals surface area (Å²) in [7, 11) is -3.83. The third-order valence-electron chi connectivity index (χ3n) is 1.86. The Bertz CT molecular complexity index is 557. The van der Waals surface area contributed by atoms with Crippen LogP contribution < -0.4 is 9.44 Å². The summed E-state index contributed by atoms with van der Waals surface area (Å²) in [6, 6.07) is 3.85. The quantitative estimate of drug-likeness (QED) is 0.769. The predicted molar refractivity (Wildman–Crippen MR) is 69.2 cm³/mol. The van der Waals surface area contributed by atoms with Crippen molar-refractivity contribution < 1.29 is 18.3 Å². The molecule has 1 rings (SSSR count). The van der Waals surface area contributed by atoms with E-state index in [4.69, 9.17) is 16.7 Å². The summed E-state index contributed by atoms with van der Waals surface area (Å²) < 4.78 is 27.7. The van der Waals surface area contributed by atoms with Crippen LogP contribution in [0.4, 0.5) is 5.69 Å². The van der Waals surface area contributed by atoms with E-state index in [2.05, 4.69) is 9.44 Å². The Morgan fingerprint density at radius 3 is 2.50 bits per heavy atom. The van der Waals surface area contributed by atoms with Crippen molar-refractivity contribution in [3.63, 3.8) is 0 Å². The van der Waals surface area contributed by atoms with Gasteiger partial charge in [-0.15, -0.1) is 0 Å². The molecule has 0 amide bonds. The van der Waals surface area contributed by atoms with E-state index in [0.29, 0.717) is 0 Å². The van der Waals surface area contributed by atoms with Crippen molar-refractivity contribution in [2.75, 3.05) is 4.72 Å². The van der Waals surface area contributed by atoms with E-state index >= 15 is 0 Å². The maximum Gasteiger partial charge on any atom is 0.339 e. The third kappa shape index (κ3) is 3.86. The van der Waals surface area contributed by atoms with Gasteiger partial charge in [0.05, 0.1) is 10.7 Å². The highest BCUT2D eigenvalue weighted by atomic mass is 35.5. The molecular formula is C10H13ClN2O4S. The fraction of sp³-hybridized carbons (Fsp3) is 0.300. The second kappa shape index (κ2) is 5.55. The minimum absolute atomic E-state index is 0.0350. The average molecular weight is 293 g/mol. The Hall–Kier alpha value is -1.31. The minimum atomic E-state index is -3.83. The summed E-state index contributed by atoms with van der Waals surface area (Å²) in [5.74, 6) is -1.30. The molecule has 0 heterocycles. The Kier molecular flexibility index (Phi) is 4.55. The Labute approximate surface area is 110 Å². The minimum Gasteiger partial charge on any atom is -0.478 e. The molecule has 0 aliphatic carbocycles. The Balaban J connectivity index is 3.13. The van der Waals surface area contributed by atoms with Crippen LogP contribution in [-0.2, 0) is 10.2 Å². The van der Waals surface area contributed by atoms with Gasteiger partial charge in [0, 0.05) is 6.04 Å². The first-order valence-corrected chi connectivity index (χ1v) is 6.91. The summed E-state index contributed by atoms with van der Waals surface area (Å²) in [4.78, 5) is 11.0. The fourth-order valence-corrected chi connectivity index (χ4v) is 2.71. The fourth-order valence-electron chi connectivity index (χ4n) is 1.31. The Morgan fingerprint density at radius 2 is 2.00 bits per heavy atom. The van der Waals surface area contributed by atoms with Gasteiger partial charge in [-0.05, 0) is 26.0 Å². The first kappa shape index (κ1) is 14.7. The molecule has 0 saturated heterocycles. The molecule has 0 saturated carbocycles. The van der Waals surface area contributed by atoms with Crippen LogP contribution in [0.1, 0.15) is 24.2 Å². The molecule has 1 aromatic carbocycles. The smallest absolute Gasteiger partial charge is 0.339 e. The molecule has 0 aliphatic rings. The average Bonchev–Trinajstić information content (AvgIpc) is 2.13. The SMILES string of the molecule is CC(C)NS(=O)(=O)Nc1cccc(Cl)c1C(=O)O. The molecule has 0 aromatic heterocycles. The molecule has 0 aliphatic heterocycles. The summed E-state index contributed by atoms with van der Waals surface area (Å²) in [5.41, 5.74) is -0.364. The molecule has 3 N–H and O–H groups in total. The molecule has 8 heteroatoms. The van der Waals surface area contributed by atoms with Crippen molar-refractivity contribution >= 4 is 33.5 Å². The monoisotopic (exact) mass is 292 g/mol. The maximum absolute atomic E-state index is 11.6. The molecular weight excluding hydrogens is 280 g/mol. The first-order valence-electron chi connectivity index (χ1n) is 5.05. The molecule has 100 valence electrons. The van der Waals surface area contributed by atoms with Crippen LogP contribution in [0.15, 0.2) is 18.2 Å². The number of benzene rings is 1. The van der Waals surface area contributed by atoms with Gasteiger partial charge in [-0.2, -0.15) is 13.1 Å². The lowest BCUT2D eigenvalue weighted by molar-refractivity contribution is 0.0698. The van der Waals surface area contributed by atoms with Gasteiger partial charge < -0.3 is 5.11 Å². The highest BCUT2D eigenvalue weighted by molar-refractivity contribution is 7.90. The molecule has 0 unspecified atom stereocenters. The van der Waals surface area contributed by atoms with Gasteiger partial charge in [0.1, 0.15) is 5.56 Å². The molecule has 0 radical (unpaired) electrons. The number of aromatic carboxylic acids is 1. The topological polar surface area (TPSA) is 95.5 Å². The predicted octanol–water partition coefficient (Wildman–Crippen LogP) is 1.69. The summed E-state index contributed by atoms with van der Waals surface area (Å²) in [6.07, 6.45) is 0. The molecule has 0 bridgehead atoms. The van der Waals surface area contributed by atoms with E-state index < -0.39 is 16.2 Å². The number of carboxylic acid groups (broad SMARTS) is 1.